The van der Waals surface area contributed by atoms with Gasteiger partial charge in [-0.25, -0.2) is 8.42 Å². The first-order valence-corrected chi connectivity index (χ1v) is 6.25. The molecule has 13 heavy (non-hydrogen) atoms. The monoisotopic (exact) mass is 205 g/mol. The van der Waals surface area contributed by atoms with E-state index in [4.69, 9.17) is 0 Å². The van der Waals surface area contributed by atoms with Crippen molar-refractivity contribution in [3.63, 3.8) is 0 Å². The molecular formula is C8H15NO3S. The van der Waals surface area contributed by atoms with Crippen LogP contribution >= 0.6 is 0 Å². The Hall–Kier alpha value is -0.420. The van der Waals surface area contributed by atoms with Crippen molar-refractivity contribution in [2.24, 2.45) is 0 Å². The molecular weight excluding hydrogens is 190 g/mol. The number of carbonyl (C=O) groups is 1. The van der Waals surface area contributed by atoms with Gasteiger partial charge in [0, 0.05) is 6.54 Å². The Morgan fingerprint density at radius 3 is 2.38 bits per heavy atom. The lowest BCUT2D eigenvalue weighted by molar-refractivity contribution is -0.121. The summed E-state index contributed by atoms with van der Waals surface area (Å²) in [7, 11) is -3.21. The average molecular weight is 205 g/mol. The van der Waals surface area contributed by atoms with Crippen molar-refractivity contribution in [3.8, 4) is 0 Å². The third-order valence-corrected chi connectivity index (χ3v) is 3.64. The zero-order valence-corrected chi connectivity index (χ0v) is 8.80. The first kappa shape index (κ1) is 10.7. The molecule has 1 aliphatic heterocycles. The first-order chi connectivity index (χ1) is 5.93. The minimum Gasteiger partial charge on any atom is -0.298 e. The van der Waals surface area contributed by atoms with Crippen LogP contribution in [0.15, 0.2) is 0 Å². The highest BCUT2D eigenvalue weighted by Crippen LogP contribution is 2.20. The van der Waals surface area contributed by atoms with Crippen molar-refractivity contribution in [2.45, 2.75) is 32.2 Å². The molecule has 1 unspecified atom stereocenters. The van der Waals surface area contributed by atoms with Crippen LogP contribution in [0.1, 0.15) is 26.2 Å². The quantitative estimate of drug-likeness (QED) is 0.655. The van der Waals surface area contributed by atoms with Crippen LogP contribution in [0.5, 0.6) is 0 Å². The highest BCUT2D eigenvalue weighted by atomic mass is 32.2. The molecule has 0 aromatic rings. The molecule has 1 atom stereocenters. The van der Waals surface area contributed by atoms with Crippen LogP contribution in [0.3, 0.4) is 0 Å². The van der Waals surface area contributed by atoms with Gasteiger partial charge in [0.25, 0.3) is 0 Å². The van der Waals surface area contributed by atoms with Crippen LogP contribution in [0.2, 0.25) is 0 Å². The second-order valence-corrected chi connectivity index (χ2v) is 5.43. The molecule has 0 aromatic heterocycles. The zero-order chi connectivity index (χ0) is 10.1. The number of carbonyl (C=O) groups excluding carboxylic acids is 1. The summed E-state index contributed by atoms with van der Waals surface area (Å²) in [6, 6.07) is -0.413. The minimum absolute atomic E-state index is 0.0508. The van der Waals surface area contributed by atoms with Crippen LogP contribution in [-0.2, 0) is 14.8 Å². The molecule has 0 N–H and O–H groups in total. The largest absolute Gasteiger partial charge is 0.298 e. The fourth-order valence-electron chi connectivity index (χ4n) is 1.71. The number of hydrogen-bond donors (Lipinski definition) is 0. The van der Waals surface area contributed by atoms with E-state index in [0.29, 0.717) is 13.0 Å². The lowest BCUT2D eigenvalue weighted by Crippen LogP contribution is -2.46. The number of nitrogens with zero attached hydrogens (tertiary/aromatic N) is 1. The fourth-order valence-corrected chi connectivity index (χ4v) is 2.89. The van der Waals surface area contributed by atoms with Crippen molar-refractivity contribution < 1.29 is 13.2 Å². The standard InChI is InChI=1S/C8H15NO3S/c1-7(10)8-5-3-4-6-9(8)13(2,11)12/h8H,3-6H2,1-2H3. The number of piperidine rings is 1. The Bertz CT molecular complexity index is 297. The fraction of sp³-hybridized carbons (Fsp3) is 0.875. The van der Waals surface area contributed by atoms with Crippen LogP contribution in [0, 0.1) is 0 Å². The summed E-state index contributed by atoms with van der Waals surface area (Å²) in [5.74, 6) is -0.0508. The molecule has 76 valence electrons. The lowest BCUT2D eigenvalue weighted by atomic mass is 10.0. The van der Waals surface area contributed by atoms with Gasteiger partial charge in [-0.05, 0) is 19.8 Å². The summed E-state index contributed by atoms with van der Waals surface area (Å²) in [5, 5.41) is 0. The number of rotatable bonds is 2. The summed E-state index contributed by atoms with van der Waals surface area (Å²) in [6.45, 7) is 1.94. The van der Waals surface area contributed by atoms with Gasteiger partial charge in [-0.1, -0.05) is 6.42 Å². The van der Waals surface area contributed by atoms with Crippen molar-refractivity contribution in [2.75, 3.05) is 12.8 Å². The van der Waals surface area contributed by atoms with Gasteiger partial charge in [-0.2, -0.15) is 4.31 Å². The highest BCUT2D eigenvalue weighted by molar-refractivity contribution is 7.88. The van der Waals surface area contributed by atoms with E-state index in [9.17, 15) is 13.2 Å². The van der Waals surface area contributed by atoms with E-state index in [1.165, 1.54) is 11.2 Å². The van der Waals surface area contributed by atoms with Crippen molar-refractivity contribution >= 4 is 15.8 Å². The summed E-state index contributed by atoms with van der Waals surface area (Å²) in [6.07, 6.45) is 3.63. The maximum absolute atomic E-state index is 11.3. The van der Waals surface area contributed by atoms with Gasteiger partial charge >= 0.3 is 0 Å². The van der Waals surface area contributed by atoms with Crippen molar-refractivity contribution in [1.29, 1.82) is 0 Å². The SMILES string of the molecule is CC(=O)C1CCCCN1S(C)(=O)=O. The molecule has 1 rings (SSSR count). The predicted molar refractivity (Wildman–Crippen MR) is 49.9 cm³/mol. The van der Waals surface area contributed by atoms with Gasteiger partial charge < -0.3 is 0 Å². The molecule has 0 aromatic carbocycles. The normalized spacial score (nSPS) is 25.8. The molecule has 1 fully saturated rings. The second-order valence-electron chi connectivity index (χ2n) is 3.50. The number of ketones is 1. The summed E-state index contributed by atoms with van der Waals surface area (Å²) >= 11 is 0. The zero-order valence-electron chi connectivity index (χ0n) is 7.99. The summed E-state index contributed by atoms with van der Waals surface area (Å²) in [5.41, 5.74) is 0. The lowest BCUT2D eigenvalue weighted by Gasteiger charge is -2.31. The van der Waals surface area contributed by atoms with E-state index in [2.05, 4.69) is 0 Å². The third kappa shape index (κ3) is 2.51. The maximum atomic E-state index is 11.3. The molecule has 0 radical (unpaired) electrons. The number of Topliss-reactive ketones (excluding diaryl/α,β-unsaturated/α-hetero) is 1. The molecule has 1 saturated heterocycles. The number of hydrogen-bond acceptors (Lipinski definition) is 3. The summed E-state index contributed by atoms with van der Waals surface area (Å²) in [4.78, 5) is 11.1. The Labute approximate surface area is 79.0 Å². The van der Waals surface area contributed by atoms with Crippen LogP contribution < -0.4 is 0 Å². The summed E-state index contributed by atoms with van der Waals surface area (Å²) < 4.78 is 23.9. The molecule has 1 aliphatic rings. The molecule has 0 aliphatic carbocycles. The van der Waals surface area contributed by atoms with Gasteiger partial charge in [0.2, 0.25) is 10.0 Å². The van der Waals surface area contributed by atoms with Crippen molar-refractivity contribution in [3.05, 3.63) is 0 Å². The van der Waals surface area contributed by atoms with Crippen LogP contribution in [0.4, 0.5) is 0 Å². The molecule has 1 heterocycles. The van der Waals surface area contributed by atoms with E-state index < -0.39 is 16.1 Å². The molecule has 0 spiro atoms. The Balaban J connectivity index is 2.86. The molecule has 0 saturated carbocycles. The Morgan fingerprint density at radius 2 is 2.00 bits per heavy atom. The molecule has 4 nitrogen and oxygen atoms in total. The smallest absolute Gasteiger partial charge is 0.211 e. The first-order valence-electron chi connectivity index (χ1n) is 4.40. The van der Waals surface area contributed by atoms with Gasteiger partial charge in [0.1, 0.15) is 5.78 Å². The van der Waals surface area contributed by atoms with Gasteiger partial charge in [0.15, 0.2) is 0 Å². The van der Waals surface area contributed by atoms with Crippen LogP contribution in [-0.4, -0.2) is 37.3 Å². The number of sulfonamides is 1. The predicted octanol–water partition coefficient (Wildman–Crippen LogP) is 0.390. The van der Waals surface area contributed by atoms with E-state index in [0.717, 1.165) is 19.1 Å². The highest BCUT2D eigenvalue weighted by Gasteiger charge is 2.31. The molecule has 0 amide bonds. The topological polar surface area (TPSA) is 54.5 Å². The van der Waals surface area contributed by atoms with E-state index in [1.54, 1.807) is 0 Å². The molecule has 5 heteroatoms. The van der Waals surface area contributed by atoms with E-state index >= 15 is 0 Å². The minimum atomic E-state index is -3.21. The van der Waals surface area contributed by atoms with Gasteiger partial charge in [-0.15, -0.1) is 0 Å². The maximum Gasteiger partial charge on any atom is 0.211 e. The van der Waals surface area contributed by atoms with E-state index in [1.807, 2.05) is 0 Å². The Kier molecular flexibility index (Phi) is 3.08. The average Bonchev–Trinajstić information content (AvgIpc) is 2.03. The van der Waals surface area contributed by atoms with Gasteiger partial charge in [0.05, 0.1) is 12.3 Å². The van der Waals surface area contributed by atoms with E-state index in [-0.39, 0.29) is 5.78 Å². The van der Waals surface area contributed by atoms with Crippen molar-refractivity contribution in [1.82, 2.24) is 4.31 Å². The van der Waals surface area contributed by atoms with Gasteiger partial charge in [-0.3, -0.25) is 4.79 Å². The molecule has 0 bridgehead atoms. The second kappa shape index (κ2) is 3.75. The Morgan fingerprint density at radius 1 is 1.38 bits per heavy atom. The third-order valence-electron chi connectivity index (χ3n) is 2.35. The van der Waals surface area contributed by atoms with Crippen LogP contribution in [0.25, 0.3) is 0 Å².